The number of benzene rings is 1. The second-order valence-corrected chi connectivity index (χ2v) is 8.02. The Labute approximate surface area is 180 Å². The molecule has 1 aromatic carbocycles. The number of rotatable bonds is 3. The number of halogens is 3. The highest BCUT2D eigenvalue weighted by Gasteiger charge is 2.46. The molecule has 3 heterocycles. The van der Waals surface area contributed by atoms with Crippen LogP contribution in [0.4, 0.5) is 13.2 Å². The molecule has 0 spiro atoms. The molecule has 31 heavy (non-hydrogen) atoms. The number of aryl methyl sites for hydroxylation is 2. The third-order valence-corrected chi connectivity index (χ3v) is 6.03. The van der Waals surface area contributed by atoms with Crippen LogP contribution in [0.1, 0.15) is 29.4 Å². The van der Waals surface area contributed by atoms with Gasteiger partial charge in [0.15, 0.2) is 5.84 Å². The van der Waals surface area contributed by atoms with Crippen molar-refractivity contribution in [3.05, 3.63) is 58.4 Å². The fraction of sp³-hybridized carbons (Fsp3) is 0.238. The molecular formula is C21H18F3N5OS. The average Bonchev–Trinajstić information content (AvgIpc) is 3.26. The number of fused-ring (bicyclic) bond motifs is 1. The Morgan fingerprint density at radius 1 is 1.23 bits per heavy atom. The first-order valence-electron chi connectivity index (χ1n) is 9.46. The standard InChI is InChI=1S/C21H18F3N5OS/c1-4-13-7-5-6-8-16(13)28-11(2)9-14(12(28)3)10-15-17(25)29-20(26-18(15)30)31-19(27-29)21(22,23)24/h5-10,25H,4H2,1-3H3. The first kappa shape index (κ1) is 21.1. The maximum absolute atomic E-state index is 13.0. The molecule has 0 radical (unpaired) electrons. The summed E-state index contributed by atoms with van der Waals surface area (Å²) in [6.45, 7) is 5.89. The highest BCUT2D eigenvalue weighted by atomic mass is 32.2. The van der Waals surface area contributed by atoms with Crippen molar-refractivity contribution in [2.75, 3.05) is 0 Å². The lowest BCUT2D eigenvalue weighted by Crippen LogP contribution is -2.35. The van der Waals surface area contributed by atoms with E-state index in [-0.39, 0.29) is 22.5 Å². The lowest BCUT2D eigenvalue weighted by Gasteiger charge is -2.20. The van der Waals surface area contributed by atoms with Crippen LogP contribution in [0.2, 0.25) is 0 Å². The molecule has 2 aromatic rings. The zero-order valence-electron chi connectivity index (χ0n) is 16.9. The summed E-state index contributed by atoms with van der Waals surface area (Å²) < 4.78 is 41.0. The van der Waals surface area contributed by atoms with Crippen LogP contribution in [0, 0.1) is 19.3 Å². The van der Waals surface area contributed by atoms with Crippen LogP contribution in [0.5, 0.6) is 0 Å². The number of aromatic nitrogens is 1. The van der Waals surface area contributed by atoms with E-state index < -0.39 is 23.0 Å². The second kappa shape index (κ2) is 7.52. The minimum Gasteiger partial charge on any atom is -0.318 e. The highest BCUT2D eigenvalue weighted by Crippen LogP contribution is 2.35. The van der Waals surface area contributed by atoms with E-state index in [1.165, 1.54) is 6.08 Å². The Hall–Kier alpha value is -3.14. The van der Waals surface area contributed by atoms with Gasteiger partial charge in [0.1, 0.15) is 0 Å². The van der Waals surface area contributed by atoms with Crippen LogP contribution in [0.3, 0.4) is 0 Å². The van der Waals surface area contributed by atoms with E-state index in [1.807, 2.05) is 44.2 Å². The molecule has 0 aliphatic carbocycles. The summed E-state index contributed by atoms with van der Waals surface area (Å²) in [5.74, 6) is -1.19. The Morgan fingerprint density at radius 2 is 1.94 bits per heavy atom. The third kappa shape index (κ3) is 3.60. The molecule has 0 atom stereocenters. The number of hydrazone groups is 1. The molecule has 0 saturated heterocycles. The smallest absolute Gasteiger partial charge is 0.318 e. The molecule has 2 aliphatic heterocycles. The summed E-state index contributed by atoms with van der Waals surface area (Å²) in [5, 5.41) is 11.0. The van der Waals surface area contributed by atoms with E-state index in [1.54, 1.807) is 0 Å². The van der Waals surface area contributed by atoms with Gasteiger partial charge in [-0.05, 0) is 61.4 Å². The van der Waals surface area contributed by atoms with Crippen molar-refractivity contribution in [1.29, 1.82) is 5.41 Å². The van der Waals surface area contributed by atoms with E-state index in [0.29, 0.717) is 5.56 Å². The number of aliphatic imine (C=N–C) groups is 1. The van der Waals surface area contributed by atoms with Crippen molar-refractivity contribution >= 4 is 39.8 Å². The first-order chi connectivity index (χ1) is 14.6. The average molecular weight is 445 g/mol. The van der Waals surface area contributed by atoms with Gasteiger partial charge in [-0.2, -0.15) is 28.3 Å². The molecule has 2 aliphatic rings. The number of nitrogens with zero attached hydrogens (tertiary/aromatic N) is 4. The van der Waals surface area contributed by atoms with E-state index in [9.17, 15) is 18.0 Å². The summed E-state index contributed by atoms with van der Waals surface area (Å²) >= 11 is 0.236. The normalized spacial score (nSPS) is 17.9. The Balaban J connectivity index is 1.76. The summed E-state index contributed by atoms with van der Waals surface area (Å²) in [4.78, 5) is 16.2. The van der Waals surface area contributed by atoms with Crippen molar-refractivity contribution < 1.29 is 18.0 Å². The van der Waals surface area contributed by atoms with Gasteiger partial charge in [-0.15, -0.1) is 0 Å². The Morgan fingerprint density at radius 3 is 2.61 bits per heavy atom. The number of alkyl halides is 3. The van der Waals surface area contributed by atoms with Crippen LogP contribution in [0.25, 0.3) is 11.8 Å². The molecule has 160 valence electrons. The number of thioether (sulfide) groups is 1. The van der Waals surface area contributed by atoms with Crippen molar-refractivity contribution in [3.8, 4) is 5.69 Å². The summed E-state index contributed by atoms with van der Waals surface area (Å²) in [5.41, 5.74) is 4.52. The lowest BCUT2D eigenvalue weighted by atomic mass is 10.1. The van der Waals surface area contributed by atoms with E-state index >= 15 is 0 Å². The lowest BCUT2D eigenvalue weighted by molar-refractivity contribution is -0.114. The number of nitrogens with one attached hydrogen (secondary N) is 1. The third-order valence-electron chi connectivity index (χ3n) is 5.08. The topological polar surface area (TPSA) is 73.8 Å². The fourth-order valence-corrected chi connectivity index (χ4v) is 4.35. The summed E-state index contributed by atoms with van der Waals surface area (Å²) in [7, 11) is 0. The zero-order valence-corrected chi connectivity index (χ0v) is 17.7. The zero-order chi connectivity index (χ0) is 22.5. The number of hydrogen-bond donors (Lipinski definition) is 1. The van der Waals surface area contributed by atoms with Crippen LogP contribution in [-0.4, -0.2) is 37.7 Å². The van der Waals surface area contributed by atoms with Crippen LogP contribution >= 0.6 is 11.8 Å². The van der Waals surface area contributed by atoms with Crippen LogP contribution < -0.4 is 0 Å². The van der Waals surface area contributed by atoms with Gasteiger partial charge >= 0.3 is 6.18 Å². The SMILES string of the molecule is CCc1ccccc1-n1c(C)cc(C=C2C(=N)N3N=C(C(F)(F)F)SC3=NC2=O)c1C. The molecule has 1 amide bonds. The number of amidine groups is 2. The van der Waals surface area contributed by atoms with Crippen molar-refractivity contribution in [3.63, 3.8) is 0 Å². The van der Waals surface area contributed by atoms with E-state index in [0.717, 1.165) is 34.1 Å². The van der Waals surface area contributed by atoms with Gasteiger partial charge < -0.3 is 4.57 Å². The molecular weight excluding hydrogens is 427 g/mol. The molecule has 10 heteroatoms. The van der Waals surface area contributed by atoms with Gasteiger partial charge in [-0.3, -0.25) is 10.2 Å². The minimum absolute atomic E-state index is 0.111. The molecule has 6 nitrogen and oxygen atoms in total. The molecule has 0 bridgehead atoms. The largest absolute Gasteiger partial charge is 0.441 e. The first-order valence-corrected chi connectivity index (χ1v) is 10.3. The summed E-state index contributed by atoms with van der Waals surface area (Å²) in [6, 6.07) is 9.85. The van der Waals surface area contributed by atoms with Crippen LogP contribution in [0.15, 0.2) is 46.0 Å². The van der Waals surface area contributed by atoms with Crippen LogP contribution in [-0.2, 0) is 11.2 Å². The van der Waals surface area contributed by atoms with Crippen molar-refractivity contribution in [2.24, 2.45) is 10.1 Å². The number of para-hydroxylation sites is 1. The molecule has 0 saturated carbocycles. The maximum atomic E-state index is 13.0. The molecule has 0 unspecified atom stereocenters. The molecule has 1 N–H and O–H groups in total. The number of hydrogen-bond acceptors (Lipinski definition) is 4. The quantitative estimate of drug-likeness (QED) is 0.688. The van der Waals surface area contributed by atoms with Gasteiger partial charge in [0, 0.05) is 17.1 Å². The van der Waals surface area contributed by atoms with Gasteiger partial charge in [0.2, 0.25) is 10.2 Å². The van der Waals surface area contributed by atoms with Crippen molar-refractivity contribution in [1.82, 2.24) is 9.58 Å². The van der Waals surface area contributed by atoms with Crippen molar-refractivity contribution in [2.45, 2.75) is 33.4 Å². The van der Waals surface area contributed by atoms with Gasteiger partial charge in [0.25, 0.3) is 5.91 Å². The monoisotopic (exact) mass is 445 g/mol. The number of carbonyl (C=O) groups is 1. The number of carbonyl (C=O) groups excluding carboxylic acids is 1. The summed E-state index contributed by atoms with van der Waals surface area (Å²) in [6.07, 6.45) is -2.34. The Kier molecular flexibility index (Phi) is 5.12. The predicted molar refractivity (Wildman–Crippen MR) is 116 cm³/mol. The highest BCUT2D eigenvalue weighted by molar-refractivity contribution is 8.27. The second-order valence-electron chi connectivity index (χ2n) is 7.07. The fourth-order valence-electron chi connectivity index (χ4n) is 3.59. The van der Waals surface area contributed by atoms with Gasteiger partial charge in [0.05, 0.1) is 5.57 Å². The van der Waals surface area contributed by atoms with Gasteiger partial charge in [-0.25, -0.2) is 0 Å². The van der Waals surface area contributed by atoms with E-state index in [2.05, 4.69) is 21.6 Å². The predicted octanol–water partition coefficient (Wildman–Crippen LogP) is 4.84. The minimum atomic E-state index is -4.67. The van der Waals surface area contributed by atoms with E-state index in [4.69, 9.17) is 5.41 Å². The molecule has 4 rings (SSSR count). The Bertz CT molecular complexity index is 1210. The number of amides is 1. The molecule has 1 aromatic heterocycles. The maximum Gasteiger partial charge on any atom is 0.441 e. The molecule has 0 fully saturated rings. The van der Waals surface area contributed by atoms with Gasteiger partial charge in [-0.1, -0.05) is 25.1 Å².